The summed E-state index contributed by atoms with van der Waals surface area (Å²) in [7, 11) is 0. The minimum absolute atomic E-state index is 0.197. The molecule has 0 amide bonds. The Morgan fingerprint density at radius 3 is 2.70 bits per heavy atom. The lowest BCUT2D eigenvalue weighted by Gasteiger charge is -2.06. The second-order valence-corrected chi connectivity index (χ2v) is 1.90. The van der Waals surface area contributed by atoms with Gasteiger partial charge < -0.3 is 21.3 Å². The highest BCUT2D eigenvalue weighted by Crippen LogP contribution is 1.78. The fourth-order valence-electron chi connectivity index (χ4n) is 0.366. The molecule has 0 heterocycles. The Labute approximate surface area is 58.9 Å². The van der Waals surface area contributed by atoms with Gasteiger partial charge in [-0.05, 0) is 0 Å². The van der Waals surface area contributed by atoms with Crippen LogP contribution in [-0.2, 0) is 9.53 Å². The highest BCUT2D eigenvalue weighted by molar-refractivity contribution is 5.67. The van der Waals surface area contributed by atoms with Gasteiger partial charge in [0.15, 0.2) is 0 Å². The number of aliphatic carboxylic acids is 1. The van der Waals surface area contributed by atoms with Gasteiger partial charge in [-0.2, -0.15) is 0 Å². The monoisotopic (exact) mass is 148 g/mol. The molecule has 0 aromatic carbocycles. The molecule has 0 saturated carbocycles. The van der Waals surface area contributed by atoms with Crippen molar-refractivity contribution in [3.05, 3.63) is 0 Å². The minimum Gasteiger partial charge on any atom is -0.480 e. The van der Waals surface area contributed by atoms with Crippen LogP contribution in [0.4, 0.5) is 0 Å². The van der Waals surface area contributed by atoms with E-state index in [0.717, 1.165) is 0 Å². The maximum atomic E-state index is 9.87. The number of carboxylic acids is 1. The molecule has 0 aromatic heterocycles. The number of hydrogen-bond donors (Lipinski definition) is 3. The predicted octanol–water partition coefficient (Wildman–Crippen LogP) is -1.63. The van der Waals surface area contributed by atoms with Crippen LogP contribution in [0.2, 0.25) is 0 Å². The summed E-state index contributed by atoms with van der Waals surface area (Å²) >= 11 is 0. The Morgan fingerprint density at radius 2 is 2.30 bits per heavy atom. The van der Waals surface area contributed by atoms with Crippen molar-refractivity contribution in [3.8, 4) is 0 Å². The van der Waals surface area contributed by atoms with Crippen molar-refractivity contribution in [1.29, 1.82) is 0 Å². The Morgan fingerprint density at radius 1 is 1.70 bits per heavy atom. The zero-order valence-electron chi connectivity index (χ0n) is 5.62. The predicted molar refractivity (Wildman–Crippen MR) is 35.5 cm³/mol. The summed E-state index contributed by atoms with van der Waals surface area (Å²) in [6.45, 7) is 0.191. The molecule has 0 fully saturated rings. The molecule has 0 spiro atoms. The third kappa shape index (κ3) is 5.49. The van der Waals surface area contributed by atoms with E-state index in [2.05, 4.69) is 4.74 Å². The Hall–Kier alpha value is -0.650. The van der Waals surface area contributed by atoms with E-state index >= 15 is 0 Å². The lowest BCUT2D eigenvalue weighted by atomic mass is 10.3. The molecule has 0 bridgehead atoms. The van der Waals surface area contributed by atoms with Gasteiger partial charge in [0.05, 0.1) is 6.61 Å². The number of rotatable bonds is 5. The van der Waals surface area contributed by atoms with E-state index in [1.165, 1.54) is 0 Å². The van der Waals surface area contributed by atoms with Crippen molar-refractivity contribution >= 4 is 5.97 Å². The van der Waals surface area contributed by atoms with Crippen LogP contribution in [-0.4, -0.2) is 36.9 Å². The van der Waals surface area contributed by atoms with Crippen molar-refractivity contribution in [2.45, 2.75) is 6.04 Å². The van der Waals surface area contributed by atoms with Crippen LogP contribution < -0.4 is 11.5 Å². The summed E-state index contributed by atoms with van der Waals surface area (Å²) in [5.41, 5.74) is 10.5. The largest absolute Gasteiger partial charge is 0.480 e. The first kappa shape index (κ1) is 9.35. The number of hydrogen-bond acceptors (Lipinski definition) is 4. The first-order valence-corrected chi connectivity index (χ1v) is 2.92. The van der Waals surface area contributed by atoms with Crippen LogP contribution in [0.15, 0.2) is 0 Å². The number of ether oxygens (including phenoxy) is 1. The van der Waals surface area contributed by atoms with Gasteiger partial charge in [0.2, 0.25) is 0 Å². The third-order valence-corrected chi connectivity index (χ3v) is 0.860. The molecule has 0 saturated heterocycles. The summed E-state index contributed by atoms with van der Waals surface area (Å²) in [5.74, 6) is -0.996. The van der Waals surface area contributed by atoms with Crippen LogP contribution in [0.25, 0.3) is 0 Å². The molecule has 0 aliphatic carbocycles. The fraction of sp³-hybridized carbons (Fsp3) is 0.800. The van der Waals surface area contributed by atoms with Gasteiger partial charge in [-0.1, -0.05) is 0 Å². The highest BCUT2D eigenvalue weighted by Gasteiger charge is 2.00. The quantitative estimate of drug-likeness (QED) is 0.435. The third-order valence-electron chi connectivity index (χ3n) is 0.860. The summed E-state index contributed by atoms with van der Waals surface area (Å²) in [5, 5.41) is 8.10. The smallest absolute Gasteiger partial charge is 0.329 e. The van der Waals surface area contributed by atoms with Crippen molar-refractivity contribution in [2.75, 3.05) is 19.8 Å². The average molecular weight is 148 g/mol. The lowest BCUT2D eigenvalue weighted by molar-refractivity contribution is -0.142. The number of carbonyl (C=O) groups is 1. The summed E-state index contributed by atoms with van der Waals surface area (Å²) < 4.78 is 4.64. The molecular weight excluding hydrogens is 136 g/mol. The van der Waals surface area contributed by atoms with Gasteiger partial charge in [0.1, 0.15) is 6.61 Å². The normalized spacial score (nSPS) is 13.0. The second kappa shape index (κ2) is 5.16. The van der Waals surface area contributed by atoms with Gasteiger partial charge >= 0.3 is 5.97 Å². The topological polar surface area (TPSA) is 98.6 Å². The Bertz CT molecular complexity index is 107. The van der Waals surface area contributed by atoms with E-state index < -0.39 is 5.97 Å². The van der Waals surface area contributed by atoms with Crippen molar-refractivity contribution in [3.63, 3.8) is 0 Å². The Balaban J connectivity index is 3.11. The van der Waals surface area contributed by atoms with E-state index in [-0.39, 0.29) is 19.3 Å². The molecule has 5 N–H and O–H groups in total. The van der Waals surface area contributed by atoms with Crippen LogP contribution in [0.1, 0.15) is 0 Å². The second-order valence-electron chi connectivity index (χ2n) is 1.90. The molecule has 0 aliphatic rings. The van der Waals surface area contributed by atoms with Crippen molar-refractivity contribution < 1.29 is 14.6 Å². The lowest BCUT2D eigenvalue weighted by Crippen LogP contribution is -2.34. The number of nitrogens with two attached hydrogens (primary N) is 2. The molecule has 0 radical (unpaired) electrons. The molecule has 5 heteroatoms. The molecule has 0 rings (SSSR count). The van der Waals surface area contributed by atoms with E-state index in [0.29, 0.717) is 6.54 Å². The fourth-order valence-corrected chi connectivity index (χ4v) is 0.366. The van der Waals surface area contributed by atoms with Crippen LogP contribution in [0.3, 0.4) is 0 Å². The van der Waals surface area contributed by atoms with E-state index in [9.17, 15) is 4.79 Å². The SMILES string of the molecule is NC[C@H](N)COCC(=O)O. The van der Waals surface area contributed by atoms with Gasteiger partial charge in [-0.25, -0.2) is 4.79 Å². The standard InChI is InChI=1S/C5H12N2O3/c6-1-4(7)2-10-3-5(8)9/h4H,1-3,6-7H2,(H,8,9)/t4-/m0/s1. The molecule has 1 atom stereocenters. The summed E-state index contributed by atoms with van der Waals surface area (Å²) in [6.07, 6.45) is 0. The van der Waals surface area contributed by atoms with Gasteiger partial charge in [-0.3, -0.25) is 0 Å². The van der Waals surface area contributed by atoms with Crippen LogP contribution in [0, 0.1) is 0 Å². The molecular formula is C5H12N2O3. The van der Waals surface area contributed by atoms with Crippen LogP contribution in [0.5, 0.6) is 0 Å². The maximum Gasteiger partial charge on any atom is 0.329 e. The molecule has 0 aliphatic heterocycles. The van der Waals surface area contributed by atoms with E-state index in [1.807, 2.05) is 0 Å². The highest BCUT2D eigenvalue weighted by atomic mass is 16.5. The van der Waals surface area contributed by atoms with E-state index in [4.69, 9.17) is 16.6 Å². The van der Waals surface area contributed by atoms with Crippen molar-refractivity contribution in [1.82, 2.24) is 0 Å². The maximum absolute atomic E-state index is 9.87. The summed E-state index contributed by atoms with van der Waals surface area (Å²) in [6, 6.07) is -0.264. The van der Waals surface area contributed by atoms with Gasteiger partial charge in [0, 0.05) is 12.6 Å². The first-order chi connectivity index (χ1) is 4.66. The minimum atomic E-state index is -0.996. The van der Waals surface area contributed by atoms with Gasteiger partial charge in [0.25, 0.3) is 0 Å². The molecule has 0 aromatic rings. The average Bonchev–Trinajstić information content (AvgIpc) is 1.87. The van der Waals surface area contributed by atoms with E-state index in [1.54, 1.807) is 0 Å². The summed E-state index contributed by atoms with van der Waals surface area (Å²) in [4.78, 5) is 9.87. The van der Waals surface area contributed by atoms with Crippen molar-refractivity contribution in [2.24, 2.45) is 11.5 Å². The molecule has 10 heavy (non-hydrogen) atoms. The molecule has 0 unspecified atom stereocenters. The van der Waals surface area contributed by atoms with Crippen LogP contribution >= 0.6 is 0 Å². The number of carboxylic acid groups (broad SMARTS) is 1. The zero-order chi connectivity index (χ0) is 7.98. The Kier molecular flexibility index (Phi) is 4.82. The first-order valence-electron chi connectivity index (χ1n) is 2.92. The zero-order valence-corrected chi connectivity index (χ0v) is 5.62. The van der Waals surface area contributed by atoms with Gasteiger partial charge in [-0.15, -0.1) is 0 Å². The molecule has 5 nitrogen and oxygen atoms in total. The molecule has 60 valence electrons.